The minimum atomic E-state index is -0.647. The Hall–Kier alpha value is -2.61. The van der Waals surface area contributed by atoms with Crippen LogP contribution in [0.5, 0.6) is 0 Å². The Bertz CT molecular complexity index is 936. The monoisotopic (exact) mass is 357 g/mol. The molecule has 3 heterocycles. The fourth-order valence-corrected chi connectivity index (χ4v) is 3.95. The lowest BCUT2D eigenvalue weighted by Gasteiger charge is -2.34. The quantitative estimate of drug-likeness (QED) is 0.770. The third-order valence-electron chi connectivity index (χ3n) is 5.45. The van der Waals surface area contributed by atoms with Crippen molar-refractivity contribution in [1.29, 1.82) is 0 Å². The Morgan fingerprint density at radius 3 is 2.46 bits per heavy atom. The lowest BCUT2D eigenvalue weighted by Crippen LogP contribution is -2.44. The Kier molecular flexibility index (Phi) is 4.07. The number of imide groups is 1. The molecule has 0 saturated carbocycles. The van der Waals surface area contributed by atoms with Crippen LogP contribution in [0.15, 0.2) is 23.0 Å². The number of fused-ring (bicyclic) bond motifs is 1. The van der Waals surface area contributed by atoms with Crippen LogP contribution >= 0.6 is 0 Å². The Labute approximate surface area is 151 Å². The minimum absolute atomic E-state index is 0.226. The molecular formula is C18H23N5O3. The number of aryl methyl sites for hydroxylation is 1. The van der Waals surface area contributed by atoms with Gasteiger partial charge in [0.05, 0.1) is 16.7 Å². The van der Waals surface area contributed by atoms with Crippen molar-refractivity contribution in [2.75, 3.05) is 38.1 Å². The number of nitrogens with one attached hydrogen (secondary N) is 1. The summed E-state index contributed by atoms with van der Waals surface area (Å²) in [5.74, 6) is -0.682. The molecular weight excluding hydrogens is 334 g/mol. The van der Waals surface area contributed by atoms with Crippen LogP contribution in [0.25, 0.3) is 11.0 Å². The van der Waals surface area contributed by atoms with Gasteiger partial charge in [0.1, 0.15) is 6.04 Å². The van der Waals surface area contributed by atoms with Gasteiger partial charge in [-0.05, 0) is 25.6 Å². The molecule has 26 heavy (non-hydrogen) atoms. The number of amides is 2. The van der Waals surface area contributed by atoms with Crippen molar-refractivity contribution in [3.05, 3.63) is 28.7 Å². The maximum atomic E-state index is 12.9. The van der Waals surface area contributed by atoms with Crippen molar-refractivity contribution in [3.8, 4) is 0 Å². The molecule has 1 aromatic heterocycles. The topological polar surface area (TPSA) is 79.6 Å². The van der Waals surface area contributed by atoms with Gasteiger partial charge >= 0.3 is 5.69 Å². The summed E-state index contributed by atoms with van der Waals surface area (Å²) < 4.78 is 3.16. The van der Waals surface area contributed by atoms with E-state index in [-0.39, 0.29) is 18.0 Å². The molecule has 4 rings (SSSR count). The number of imidazole rings is 1. The first-order valence-electron chi connectivity index (χ1n) is 8.94. The lowest BCUT2D eigenvalue weighted by molar-refractivity contribution is -0.135. The normalized spacial score (nSPS) is 22.1. The summed E-state index contributed by atoms with van der Waals surface area (Å²) in [6.45, 7) is 3.73. The first kappa shape index (κ1) is 16.8. The van der Waals surface area contributed by atoms with Gasteiger partial charge < -0.3 is 9.80 Å². The van der Waals surface area contributed by atoms with Crippen molar-refractivity contribution < 1.29 is 9.59 Å². The maximum Gasteiger partial charge on any atom is 0.329 e. The summed E-state index contributed by atoms with van der Waals surface area (Å²) in [5.41, 5.74) is 2.37. The van der Waals surface area contributed by atoms with E-state index in [1.165, 1.54) is 4.57 Å². The summed E-state index contributed by atoms with van der Waals surface area (Å²) in [6.07, 6.45) is 0.597. The van der Waals surface area contributed by atoms with Crippen molar-refractivity contribution in [1.82, 2.24) is 19.4 Å². The molecule has 138 valence electrons. The summed E-state index contributed by atoms with van der Waals surface area (Å²) in [7, 11) is 3.85. The fourth-order valence-electron chi connectivity index (χ4n) is 3.95. The molecule has 1 aromatic carbocycles. The molecule has 0 bridgehead atoms. The van der Waals surface area contributed by atoms with Gasteiger partial charge in [0.2, 0.25) is 11.8 Å². The highest BCUT2D eigenvalue weighted by Gasteiger charge is 2.32. The highest BCUT2D eigenvalue weighted by atomic mass is 16.2. The number of carbonyl (C=O) groups excluding carboxylic acids is 2. The average Bonchev–Trinajstić information content (AvgIpc) is 2.87. The standard InChI is InChI=1S/C18H23N5O3/c1-20-8-10-22(11-9-20)12-4-3-5-13-16(12)21(2)18(26)23(13)14-6-7-15(24)19-17(14)25/h3-5,14H,6-11H2,1-2H3,(H,19,24,25). The van der Waals surface area contributed by atoms with E-state index in [1.807, 2.05) is 18.2 Å². The molecule has 2 amide bonds. The molecule has 2 aliphatic heterocycles. The van der Waals surface area contributed by atoms with E-state index in [9.17, 15) is 14.4 Å². The molecule has 1 N–H and O–H groups in total. The van der Waals surface area contributed by atoms with Crippen LogP contribution in [0.3, 0.4) is 0 Å². The molecule has 8 heteroatoms. The number of rotatable bonds is 2. The number of piperazine rings is 1. The highest BCUT2D eigenvalue weighted by molar-refractivity contribution is 6.00. The second-order valence-corrected chi connectivity index (χ2v) is 7.11. The van der Waals surface area contributed by atoms with Gasteiger partial charge in [-0.1, -0.05) is 6.07 Å². The van der Waals surface area contributed by atoms with Crippen LogP contribution < -0.4 is 15.9 Å². The number of benzene rings is 1. The van der Waals surface area contributed by atoms with Crippen LogP contribution in [-0.2, 0) is 16.6 Å². The number of likely N-dealkylation sites (N-methyl/N-ethyl adjacent to an activating group) is 1. The van der Waals surface area contributed by atoms with Gasteiger partial charge in [-0.3, -0.25) is 24.0 Å². The third-order valence-corrected chi connectivity index (χ3v) is 5.45. The van der Waals surface area contributed by atoms with Crippen molar-refractivity contribution in [2.24, 2.45) is 7.05 Å². The van der Waals surface area contributed by atoms with E-state index in [0.29, 0.717) is 6.42 Å². The van der Waals surface area contributed by atoms with Crippen LogP contribution in [0.2, 0.25) is 0 Å². The smallest absolute Gasteiger partial charge is 0.329 e. The zero-order valence-corrected chi connectivity index (χ0v) is 15.1. The lowest BCUT2D eigenvalue weighted by atomic mass is 10.1. The largest absolute Gasteiger partial charge is 0.367 e. The van der Waals surface area contributed by atoms with E-state index < -0.39 is 11.9 Å². The van der Waals surface area contributed by atoms with Gasteiger partial charge in [-0.25, -0.2) is 4.79 Å². The number of nitrogens with zero attached hydrogens (tertiary/aromatic N) is 4. The molecule has 2 aromatic rings. The summed E-state index contributed by atoms with van der Waals surface area (Å²) >= 11 is 0. The molecule has 0 radical (unpaired) electrons. The number of anilines is 1. The number of hydrogen-bond donors (Lipinski definition) is 1. The van der Waals surface area contributed by atoms with Crippen molar-refractivity contribution >= 4 is 28.5 Å². The Morgan fingerprint density at radius 1 is 1.04 bits per heavy atom. The molecule has 2 saturated heterocycles. The second kappa shape index (κ2) is 6.28. The number of carbonyl (C=O) groups is 2. The predicted molar refractivity (Wildman–Crippen MR) is 98.3 cm³/mol. The summed E-state index contributed by atoms with van der Waals surface area (Å²) in [6, 6.07) is 5.19. The molecule has 2 fully saturated rings. The zero-order valence-electron chi connectivity index (χ0n) is 15.1. The molecule has 1 unspecified atom stereocenters. The molecule has 2 aliphatic rings. The van der Waals surface area contributed by atoms with Crippen LogP contribution in [0, 0.1) is 0 Å². The zero-order chi connectivity index (χ0) is 18.4. The van der Waals surface area contributed by atoms with E-state index in [0.717, 1.165) is 42.9 Å². The SMILES string of the molecule is CN1CCN(c2cccc3c2n(C)c(=O)n3C2CCC(=O)NC2=O)CC1. The highest BCUT2D eigenvalue weighted by Crippen LogP contribution is 2.30. The van der Waals surface area contributed by atoms with Gasteiger partial charge in [0.15, 0.2) is 0 Å². The molecule has 0 aliphatic carbocycles. The number of aromatic nitrogens is 2. The van der Waals surface area contributed by atoms with Crippen LogP contribution in [0.1, 0.15) is 18.9 Å². The Morgan fingerprint density at radius 2 is 1.77 bits per heavy atom. The predicted octanol–water partition coefficient (Wildman–Crippen LogP) is 0.0695. The van der Waals surface area contributed by atoms with E-state index in [2.05, 4.69) is 22.2 Å². The van der Waals surface area contributed by atoms with Gasteiger partial charge in [-0.2, -0.15) is 0 Å². The third kappa shape index (κ3) is 2.61. The van der Waals surface area contributed by atoms with Gasteiger partial charge in [-0.15, -0.1) is 0 Å². The second-order valence-electron chi connectivity index (χ2n) is 7.11. The van der Waals surface area contributed by atoms with E-state index in [4.69, 9.17) is 0 Å². The number of piperidine rings is 1. The van der Waals surface area contributed by atoms with Gasteiger partial charge in [0.25, 0.3) is 0 Å². The van der Waals surface area contributed by atoms with Gasteiger partial charge in [0, 0.05) is 39.6 Å². The first-order valence-corrected chi connectivity index (χ1v) is 8.94. The number of hydrogen-bond acceptors (Lipinski definition) is 5. The fraction of sp³-hybridized carbons (Fsp3) is 0.500. The van der Waals surface area contributed by atoms with Crippen molar-refractivity contribution in [3.63, 3.8) is 0 Å². The van der Waals surface area contributed by atoms with Crippen molar-refractivity contribution in [2.45, 2.75) is 18.9 Å². The number of para-hydroxylation sites is 1. The van der Waals surface area contributed by atoms with Crippen LogP contribution in [0.4, 0.5) is 5.69 Å². The molecule has 0 spiro atoms. The molecule has 8 nitrogen and oxygen atoms in total. The first-order chi connectivity index (χ1) is 12.5. The summed E-state index contributed by atoms with van der Waals surface area (Å²) in [4.78, 5) is 41.3. The van der Waals surface area contributed by atoms with E-state index in [1.54, 1.807) is 11.6 Å². The summed E-state index contributed by atoms with van der Waals surface area (Å²) in [5, 5.41) is 2.35. The van der Waals surface area contributed by atoms with Crippen LogP contribution in [-0.4, -0.2) is 59.1 Å². The van der Waals surface area contributed by atoms with E-state index >= 15 is 0 Å². The molecule has 1 atom stereocenters. The average molecular weight is 357 g/mol. The maximum absolute atomic E-state index is 12.9. The minimum Gasteiger partial charge on any atom is -0.367 e. The Balaban J connectivity index is 1.83.